The zero-order chi connectivity index (χ0) is 24.9. The molecule has 2 aromatic carbocycles. The zero-order valence-corrected chi connectivity index (χ0v) is 22.5. The van der Waals surface area contributed by atoms with E-state index < -0.39 is 0 Å². The number of carbonyl (C=O) groups excluding carboxylic acids is 1. The van der Waals surface area contributed by atoms with Crippen molar-refractivity contribution in [1.29, 1.82) is 0 Å². The Balaban J connectivity index is 1.93. The van der Waals surface area contributed by atoms with Crippen LogP contribution in [0.3, 0.4) is 0 Å². The molecule has 184 valence electrons. The van der Waals surface area contributed by atoms with Crippen molar-refractivity contribution in [3.8, 4) is 0 Å². The molecule has 0 saturated heterocycles. The van der Waals surface area contributed by atoms with Crippen molar-refractivity contribution in [3.05, 3.63) is 69.8 Å². The SMILES string of the molecule is CCCCCCCCc1cc2c(cc1C(C)=Cc1ccc(C(=O)OC)cc1)C(C)(C)CC2(C)C. The van der Waals surface area contributed by atoms with Gasteiger partial charge in [0.1, 0.15) is 0 Å². The highest BCUT2D eigenvalue weighted by molar-refractivity contribution is 5.90. The Hall–Kier alpha value is -2.35. The van der Waals surface area contributed by atoms with Crippen LogP contribution in [0.15, 0.2) is 36.4 Å². The minimum Gasteiger partial charge on any atom is -0.465 e. The quantitative estimate of drug-likeness (QED) is 0.201. The molecular weight excluding hydrogens is 416 g/mol. The maximum absolute atomic E-state index is 11.8. The summed E-state index contributed by atoms with van der Waals surface area (Å²) in [6.45, 7) is 14.1. The lowest BCUT2D eigenvalue weighted by molar-refractivity contribution is 0.0600. The minimum atomic E-state index is -0.294. The molecule has 0 saturated carbocycles. The monoisotopic (exact) mass is 460 g/mol. The second kappa shape index (κ2) is 10.9. The third kappa shape index (κ3) is 6.01. The van der Waals surface area contributed by atoms with Gasteiger partial charge in [-0.05, 0) is 82.5 Å². The highest BCUT2D eigenvalue weighted by Gasteiger charge is 2.42. The smallest absolute Gasteiger partial charge is 0.337 e. The van der Waals surface area contributed by atoms with Crippen molar-refractivity contribution >= 4 is 17.6 Å². The maximum atomic E-state index is 11.8. The number of aryl methyl sites for hydroxylation is 1. The van der Waals surface area contributed by atoms with E-state index in [0.717, 1.165) is 12.0 Å². The number of ether oxygens (including phenoxy) is 1. The normalized spacial score (nSPS) is 16.4. The molecule has 3 rings (SSSR count). The van der Waals surface area contributed by atoms with Crippen LogP contribution in [0.1, 0.15) is 125 Å². The number of carbonyl (C=O) groups is 1. The van der Waals surface area contributed by atoms with E-state index in [9.17, 15) is 4.79 Å². The Bertz CT molecular complexity index is 1020. The van der Waals surface area contributed by atoms with Gasteiger partial charge in [-0.3, -0.25) is 0 Å². The molecule has 1 aliphatic rings. The van der Waals surface area contributed by atoms with Crippen molar-refractivity contribution in [2.24, 2.45) is 0 Å². The van der Waals surface area contributed by atoms with E-state index in [0.29, 0.717) is 5.56 Å². The van der Waals surface area contributed by atoms with Gasteiger partial charge in [-0.15, -0.1) is 0 Å². The summed E-state index contributed by atoms with van der Waals surface area (Å²) in [5, 5.41) is 0. The summed E-state index contributed by atoms with van der Waals surface area (Å²) < 4.78 is 4.84. The summed E-state index contributed by atoms with van der Waals surface area (Å²) in [6, 6.07) is 12.7. The van der Waals surface area contributed by atoms with E-state index in [2.05, 4.69) is 59.8 Å². The van der Waals surface area contributed by atoms with Crippen LogP contribution in [0.5, 0.6) is 0 Å². The Morgan fingerprint density at radius 3 is 2.12 bits per heavy atom. The molecule has 0 spiro atoms. The molecule has 0 aromatic heterocycles. The summed E-state index contributed by atoms with van der Waals surface area (Å²) in [5.74, 6) is -0.294. The van der Waals surface area contributed by atoms with Crippen LogP contribution in [0.25, 0.3) is 11.6 Å². The maximum Gasteiger partial charge on any atom is 0.337 e. The molecule has 0 fully saturated rings. The molecule has 0 aliphatic heterocycles. The number of allylic oxidation sites excluding steroid dienone is 1. The fourth-order valence-electron chi connectivity index (χ4n) is 5.89. The second-order valence-electron chi connectivity index (χ2n) is 11.5. The molecule has 0 amide bonds. The van der Waals surface area contributed by atoms with E-state index in [1.54, 1.807) is 0 Å². The lowest BCUT2D eigenvalue weighted by Gasteiger charge is -2.22. The molecule has 0 bridgehead atoms. The number of hydrogen-bond donors (Lipinski definition) is 0. The minimum absolute atomic E-state index is 0.189. The summed E-state index contributed by atoms with van der Waals surface area (Å²) in [7, 11) is 1.42. The molecule has 2 aromatic rings. The summed E-state index contributed by atoms with van der Waals surface area (Å²) >= 11 is 0. The predicted octanol–water partition coefficient (Wildman–Crippen LogP) is 8.90. The third-order valence-electron chi connectivity index (χ3n) is 7.52. The Kier molecular flexibility index (Phi) is 8.44. The third-order valence-corrected chi connectivity index (χ3v) is 7.52. The first-order valence-corrected chi connectivity index (χ1v) is 13.1. The van der Waals surface area contributed by atoms with Crippen LogP contribution >= 0.6 is 0 Å². The number of hydrogen-bond acceptors (Lipinski definition) is 2. The van der Waals surface area contributed by atoms with Crippen molar-refractivity contribution < 1.29 is 9.53 Å². The molecule has 0 heterocycles. The molecule has 2 heteroatoms. The van der Waals surface area contributed by atoms with Gasteiger partial charge in [0, 0.05) is 0 Å². The van der Waals surface area contributed by atoms with Crippen LogP contribution < -0.4 is 0 Å². The predicted molar refractivity (Wildman–Crippen MR) is 146 cm³/mol. The fraction of sp³-hybridized carbons (Fsp3) is 0.531. The van der Waals surface area contributed by atoms with Gasteiger partial charge in [-0.1, -0.05) is 97.1 Å². The van der Waals surface area contributed by atoms with Gasteiger partial charge >= 0.3 is 5.97 Å². The van der Waals surface area contributed by atoms with Gasteiger partial charge in [0.15, 0.2) is 0 Å². The highest BCUT2D eigenvalue weighted by Crippen LogP contribution is 2.50. The molecule has 0 unspecified atom stereocenters. The molecular formula is C32H44O2. The van der Waals surface area contributed by atoms with Crippen LogP contribution in [-0.4, -0.2) is 13.1 Å². The summed E-state index contributed by atoms with van der Waals surface area (Å²) in [5.41, 5.74) is 9.30. The topological polar surface area (TPSA) is 26.3 Å². The molecule has 1 aliphatic carbocycles. The van der Waals surface area contributed by atoms with Crippen molar-refractivity contribution in [2.45, 2.75) is 104 Å². The number of benzene rings is 2. The Morgan fingerprint density at radius 1 is 0.912 bits per heavy atom. The first kappa shape index (κ1) is 26.3. The number of rotatable bonds is 10. The standard InChI is InChI=1S/C32H44O2/c1-8-9-10-11-12-13-14-26-20-28-29(32(5,6)22-31(28,3)4)21-27(26)23(2)19-24-15-17-25(18-16-24)30(33)34-7/h15-21H,8-14,22H2,1-7H3. The average molecular weight is 461 g/mol. The first-order chi connectivity index (χ1) is 16.1. The van der Waals surface area contributed by atoms with Gasteiger partial charge in [0.25, 0.3) is 0 Å². The van der Waals surface area contributed by atoms with Gasteiger partial charge in [-0.25, -0.2) is 4.79 Å². The first-order valence-electron chi connectivity index (χ1n) is 13.1. The zero-order valence-electron chi connectivity index (χ0n) is 22.5. The molecule has 34 heavy (non-hydrogen) atoms. The highest BCUT2D eigenvalue weighted by atomic mass is 16.5. The van der Waals surface area contributed by atoms with Gasteiger partial charge in [-0.2, -0.15) is 0 Å². The van der Waals surface area contributed by atoms with Crippen LogP contribution in [-0.2, 0) is 22.0 Å². The molecule has 2 nitrogen and oxygen atoms in total. The number of fused-ring (bicyclic) bond motifs is 1. The van der Waals surface area contributed by atoms with Crippen molar-refractivity contribution in [1.82, 2.24) is 0 Å². The van der Waals surface area contributed by atoms with E-state index >= 15 is 0 Å². The van der Waals surface area contributed by atoms with E-state index in [4.69, 9.17) is 4.74 Å². The largest absolute Gasteiger partial charge is 0.465 e. The lowest BCUT2D eigenvalue weighted by Crippen LogP contribution is -2.18. The van der Waals surface area contributed by atoms with E-state index in [1.165, 1.54) is 79.9 Å². The Morgan fingerprint density at radius 2 is 1.50 bits per heavy atom. The van der Waals surface area contributed by atoms with Crippen molar-refractivity contribution in [2.75, 3.05) is 7.11 Å². The average Bonchev–Trinajstić information content (AvgIpc) is 2.98. The molecule has 0 radical (unpaired) electrons. The van der Waals surface area contributed by atoms with Gasteiger partial charge in [0.05, 0.1) is 12.7 Å². The van der Waals surface area contributed by atoms with Crippen molar-refractivity contribution in [3.63, 3.8) is 0 Å². The van der Waals surface area contributed by atoms with Crippen LogP contribution in [0.2, 0.25) is 0 Å². The van der Waals surface area contributed by atoms with Crippen LogP contribution in [0.4, 0.5) is 0 Å². The second-order valence-corrected chi connectivity index (χ2v) is 11.5. The summed E-state index contributed by atoms with van der Waals surface area (Å²) in [4.78, 5) is 11.8. The molecule has 0 atom stereocenters. The molecule has 0 N–H and O–H groups in total. The number of methoxy groups -OCH3 is 1. The van der Waals surface area contributed by atoms with E-state index in [-0.39, 0.29) is 16.8 Å². The number of unbranched alkanes of at least 4 members (excludes halogenated alkanes) is 5. The fourth-order valence-corrected chi connectivity index (χ4v) is 5.89. The lowest BCUT2D eigenvalue weighted by atomic mass is 9.82. The van der Waals surface area contributed by atoms with Crippen LogP contribution in [0, 0.1) is 0 Å². The van der Waals surface area contributed by atoms with Gasteiger partial charge in [0.2, 0.25) is 0 Å². The number of esters is 1. The summed E-state index contributed by atoms with van der Waals surface area (Å²) in [6.07, 6.45) is 12.5. The Labute approximate surface area is 207 Å². The van der Waals surface area contributed by atoms with Gasteiger partial charge < -0.3 is 4.74 Å². The van der Waals surface area contributed by atoms with E-state index in [1.807, 2.05) is 24.3 Å².